The average Bonchev–Trinajstić information content (AvgIpc) is 3.10. The van der Waals surface area contributed by atoms with Crippen LogP contribution in [0.1, 0.15) is 18.4 Å². The molecule has 0 radical (unpaired) electrons. The van der Waals surface area contributed by atoms with Gasteiger partial charge in [-0.05, 0) is 19.1 Å². The minimum atomic E-state index is 0.788. The van der Waals surface area contributed by atoms with E-state index >= 15 is 0 Å². The summed E-state index contributed by atoms with van der Waals surface area (Å²) in [6.45, 7) is 4.80. The molecule has 20 heavy (non-hydrogen) atoms. The molecule has 0 fully saturated rings. The van der Waals surface area contributed by atoms with Gasteiger partial charge in [0.05, 0.1) is 23.9 Å². The standard InChI is InChI=1S/C15H19N5/c1-2-20-14-6-4-3-5-13(14)19-15(20)10-16-8-7-12-9-17-11-18-12/h3-6,9,11,16H,2,7-8,10H2,1H3,(H,17,18). The summed E-state index contributed by atoms with van der Waals surface area (Å²) in [5.74, 6) is 1.10. The Morgan fingerprint density at radius 1 is 1.30 bits per heavy atom. The summed E-state index contributed by atoms with van der Waals surface area (Å²) in [5.41, 5.74) is 3.43. The smallest absolute Gasteiger partial charge is 0.123 e. The highest BCUT2D eigenvalue weighted by atomic mass is 15.1. The molecule has 2 N–H and O–H groups in total. The Morgan fingerprint density at radius 3 is 3.00 bits per heavy atom. The molecule has 2 aromatic heterocycles. The van der Waals surface area contributed by atoms with Crippen molar-refractivity contribution in [3.63, 3.8) is 0 Å². The number of aryl methyl sites for hydroxylation is 1. The summed E-state index contributed by atoms with van der Waals surface area (Å²) in [6.07, 6.45) is 4.53. The van der Waals surface area contributed by atoms with Gasteiger partial charge in [0.1, 0.15) is 5.82 Å². The van der Waals surface area contributed by atoms with E-state index in [2.05, 4.69) is 45.0 Å². The molecule has 0 bridgehead atoms. The fraction of sp³-hybridized carbons (Fsp3) is 0.333. The fourth-order valence-electron chi connectivity index (χ4n) is 2.46. The van der Waals surface area contributed by atoms with E-state index in [0.29, 0.717) is 0 Å². The molecule has 2 heterocycles. The molecule has 0 atom stereocenters. The van der Waals surface area contributed by atoms with Crippen LogP contribution in [-0.4, -0.2) is 26.1 Å². The lowest BCUT2D eigenvalue weighted by Gasteiger charge is -2.07. The SMILES string of the molecule is CCn1c(CNCCc2cnc[nH]2)nc2ccccc21. The Bertz CT molecular complexity index is 669. The van der Waals surface area contributed by atoms with Crippen LogP contribution in [0.25, 0.3) is 11.0 Å². The summed E-state index contributed by atoms with van der Waals surface area (Å²) in [4.78, 5) is 11.8. The second-order valence-corrected chi connectivity index (χ2v) is 4.76. The lowest BCUT2D eigenvalue weighted by Crippen LogP contribution is -2.19. The second-order valence-electron chi connectivity index (χ2n) is 4.76. The molecule has 0 saturated carbocycles. The summed E-state index contributed by atoms with van der Waals surface area (Å²) < 4.78 is 2.26. The number of hydrogen-bond acceptors (Lipinski definition) is 3. The molecular weight excluding hydrogens is 250 g/mol. The van der Waals surface area contributed by atoms with Crippen LogP contribution in [0.15, 0.2) is 36.8 Å². The molecule has 0 amide bonds. The van der Waals surface area contributed by atoms with E-state index in [9.17, 15) is 0 Å². The molecule has 104 valence electrons. The van der Waals surface area contributed by atoms with Crippen LogP contribution < -0.4 is 5.32 Å². The predicted octanol–water partition coefficient (Wildman–Crippen LogP) is 2.11. The number of benzene rings is 1. The lowest BCUT2D eigenvalue weighted by molar-refractivity contribution is 0.618. The van der Waals surface area contributed by atoms with Gasteiger partial charge in [0.15, 0.2) is 0 Å². The van der Waals surface area contributed by atoms with Crippen molar-refractivity contribution in [1.82, 2.24) is 24.8 Å². The van der Waals surface area contributed by atoms with Crippen LogP contribution in [0.2, 0.25) is 0 Å². The van der Waals surface area contributed by atoms with Gasteiger partial charge >= 0.3 is 0 Å². The van der Waals surface area contributed by atoms with Crippen molar-refractivity contribution in [3.05, 3.63) is 48.3 Å². The highest BCUT2D eigenvalue weighted by molar-refractivity contribution is 5.75. The molecule has 0 aliphatic rings. The number of imidazole rings is 2. The Balaban J connectivity index is 1.65. The number of fused-ring (bicyclic) bond motifs is 1. The third kappa shape index (κ3) is 2.58. The molecule has 0 spiro atoms. The number of nitrogens with zero attached hydrogens (tertiary/aromatic N) is 3. The van der Waals surface area contributed by atoms with Gasteiger partial charge < -0.3 is 14.9 Å². The molecule has 0 aliphatic heterocycles. The van der Waals surface area contributed by atoms with Gasteiger partial charge in [0, 0.05) is 31.4 Å². The topological polar surface area (TPSA) is 58.5 Å². The maximum Gasteiger partial charge on any atom is 0.123 e. The van der Waals surface area contributed by atoms with Crippen molar-refractivity contribution < 1.29 is 0 Å². The molecule has 1 aromatic carbocycles. The monoisotopic (exact) mass is 269 g/mol. The number of nitrogens with one attached hydrogen (secondary N) is 2. The highest BCUT2D eigenvalue weighted by Gasteiger charge is 2.08. The summed E-state index contributed by atoms with van der Waals surface area (Å²) >= 11 is 0. The van der Waals surface area contributed by atoms with E-state index in [1.807, 2.05) is 12.3 Å². The molecule has 0 aliphatic carbocycles. The van der Waals surface area contributed by atoms with Crippen molar-refractivity contribution in [2.45, 2.75) is 26.4 Å². The van der Waals surface area contributed by atoms with Gasteiger partial charge in [-0.25, -0.2) is 9.97 Å². The van der Waals surface area contributed by atoms with Crippen LogP contribution in [0.4, 0.5) is 0 Å². The van der Waals surface area contributed by atoms with Crippen molar-refractivity contribution in [2.24, 2.45) is 0 Å². The maximum atomic E-state index is 4.70. The van der Waals surface area contributed by atoms with Crippen LogP contribution >= 0.6 is 0 Å². The van der Waals surface area contributed by atoms with E-state index in [1.165, 1.54) is 5.52 Å². The largest absolute Gasteiger partial charge is 0.348 e. The van der Waals surface area contributed by atoms with Gasteiger partial charge in [0.2, 0.25) is 0 Å². The molecule has 0 saturated heterocycles. The molecule has 3 rings (SSSR count). The molecular formula is C15H19N5. The van der Waals surface area contributed by atoms with E-state index in [1.54, 1.807) is 6.33 Å². The second kappa shape index (κ2) is 5.88. The van der Waals surface area contributed by atoms with Gasteiger partial charge in [-0.1, -0.05) is 12.1 Å². The number of para-hydroxylation sites is 2. The molecule has 5 heteroatoms. The molecule has 3 aromatic rings. The quantitative estimate of drug-likeness (QED) is 0.674. The summed E-state index contributed by atoms with van der Waals surface area (Å²) in [6, 6.07) is 8.28. The number of aromatic amines is 1. The minimum Gasteiger partial charge on any atom is -0.348 e. The van der Waals surface area contributed by atoms with Crippen LogP contribution in [0, 0.1) is 0 Å². The zero-order chi connectivity index (χ0) is 13.8. The minimum absolute atomic E-state index is 0.788. The third-order valence-corrected chi connectivity index (χ3v) is 3.46. The Kier molecular flexibility index (Phi) is 3.78. The van der Waals surface area contributed by atoms with Crippen molar-refractivity contribution >= 4 is 11.0 Å². The normalized spacial score (nSPS) is 11.2. The maximum absolute atomic E-state index is 4.70. The average molecular weight is 269 g/mol. The predicted molar refractivity (Wildman–Crippen MR) is 79.4 cm³/mol. The molecule has 0 unspecified atom stereocenters. The van der Waals surface area contributed by atoms with E-state index in [0.717, 1.165) is 43.1 Å². The van der Waals surface area contributed by atoms with Crippen molar-refractivity contribution in [3.8, 4) is 0 Å². The van der Waals surface area contributed by atoms with E-state index in [-0.39, 0.29) is 0 Å². The number of H-pyrrole nitrogens is 1. The Labute approximate surface area is 118 Å². The first-order chi connectivity index (χ1) is 9.88. The van der Waals surface area contributed by atoms with Crippen molar-refractivity contribution in [1.29, 1.82) is 0 Å². The number of aromatic nitrogens is 4. The Hall–Kier alpha value is -2.14. The van der Waals surface area contributed by atoms with E-state index < -0.39 is 0 Å². The first kappa shape index (κ1) is 12.9. The Morgan fingerprint density at radius 2 is 2.20 bits per heavy atom. The number of rotatable bonds is 6. The number of hydrogen-bond donors (Lipinski definition) is 2. The van der Waals surface area contributed by atoms with E-state index in [4.69, 9.17) is 4.98 Å². The zero-order valence-electron chi connectivity index (χ0n) is 11.6. The van der Waals surface area contributed by atoms with Gasteiger partial charge in [0.25, 0.3) is 0 Å². The van der Waals surface area contributed by atoms with Gasteiger partial charge in [-0.3, -0.25) is 0 Å². The van der Waals surface area contributed by atoms with Gasteiger partial charge in [-0.2, -0.15) is 0 Å². The lowest BCUT2D eigenvalue weighted by atomic mass is 10.3. The van der Waals surface area contributed by atoms with Crippen molar-refractivity contribution in [2.75, 3.05) is 6.54 Å². The molecule has 5 nitrogen and oxygen atoms in total. The third-order valence-electron chi connectivity index (χ3n) is 3.46. The summed E-state index contributed by atoms with van der Waals surface area (Å²) in [5, 5.41) is 3.44. The van der Waals surface area contributed by atoms with Crippen LogP contribution in [-0.2, 0) is 19.5 Å². The highest BCUT2D eigenvalue weighted by Crippen LogP contribution is 2.15. The fourth-order valence-corrected chi connectivity index (χ4v) is 2.46. The zero-order valence-corrected chi connectivity index (χ0v) is 11.6. The van der Waals surface area contributed by atoms with Crippen LogP contribution in [0.5, 0.6) is 0 Å². The first-order valence-electron chi connectivity index (χ1n) is 7.00. The van der Waals surface area contributed by atoms with Gasteiger partial charge in [-0.15, -0.1) is 0 Å². The summed E-state index contributed by atoms with van der Waals surface area (Å²) in [7, 11) is 0. The van der Waals surface area contributed by atoms with Crippen LogP contribution in [0.3, 0.4) is 0 Å². The first-order valence-corrected chi connectivity index (χ1v) is 7.00.